The van der Waals surface area contributed by atoms with Gasteiger partial charge in [0.15, 0.2) is 0 Å². The average molecular weight is 263 g/mol. The number of hydrogen-bond donors (Lipinski definition) is 2. The van der Waals surface area contributed by atoms with Crippen molar-refractivity contribution in [3.05, 3.63) is 35.1 Å². The Labute approximate surface area is 110 Å². The zero-order valence-electron chi connectivity index (χ0n) is 10.4. The molecule has 1 aromatic carbocycles. The van der Waals surface area contributed by atoms with Crippen LogP contribution < -0.4 is 11.5 Å². The molecule has 0 atom stereocenters. The minimum atomic E-state index is -0.632. The van der Waals surface area contributed by atoms with E-state index in [2.05, 4.69) is 11.8 Å². The second kappa shape index (κ2) is 6.52. The topological polar surface area (TPSA) is 89.4 Å². The van der Waals surface area contributed by atoms with Gasteiger partial charge in [-0.3, -0.25) is 9.59 Å². The smallest absolute Gasteiger partial charge is 0.255 e. The van der Waals surface area contributed by atoms with Crippen molar-refractivity contribution < 1.29 is 14.0 Å². The summed E-state index contributed by atoms with van der Waals surface area (Å²) in [6.07, 6.45) is 0. The Bertz CT molecular complexity index is 561. The molecule has 1 rings (SSSR count). The van der Waals surface area contributed by atoms with Gasteiger partial charge < -0.3 is 16.4 Å². The molecular weight excluding hydrogens is 249 g/mol. The SMILES string of the molecule is CN(CC(N)=O)C(=O)c1ccc(F)cc1C#CCN. The minimum absolute atomic E-state index is 0.0985. The molecule has 0 aliphatic heterocycles. The van der Waals surface area contributed by atoms with E-state index in [1.807, 2.05) is 0 Å². The zero-order valence-corrected chi connectivity index (χ0v) is 10.4. The molecule has 1 aromatic rings. The summed E-state index contributed by atoms with van der Waals surface area (Å²) < 4.78 is 13.2. The fraction of sp³-hybridized carbons (Fsp3) is 0.231. The predicted molar refractivity (Wildman–Crippen MR) is 68.5 cm³/mol. The van der Waals surface area contributed by atoms with E-state index in [9.17, 15) is 14.0 Å². The van der Waals surface area contributed by atoms with Gasteiger partial charge >= 0.3 is 0 Å². The lowest BCUT2D eigenvalue weighted by atomic mass is 10.1. The zero-order chi connectivity index (χ0) is 14.4. The highest BCUT2D eigenvalue weighted by molar-refractivity contribution is 5.98. The van der Waals surface area contributed by atoms with Gasteiger partial charge in [0.05, 0.1) is 18.7 Å². The molecule has 0 aliphatic carbocycles. The van der Waals surface area contributed by atoms with Crippen LogP contribution in [0, 0.1) is 17.7 Å². The van der Waals surface area contributed by atoms with E-state index < -0.39 is 17.6 Å². The molecule has 4 N–H and O–H groups in total. The first-order chi connectivity index (χ1) is 8.95. The number of rotatable bonds is 3. The summed E-state index contributed by atoms with van der Waals surface area (Å²) in [5.74, 6) is 3.59. The largest absolute Gasteiger partial charge is 0.368 e. The van der Waals surface area contributed by atoms with Crippen LogP contribution in [0.4, 0.5) is 4.39 Å². The second-order valence-electron chi connectivity index (χ2n) is 3.82. The molecule has 0 spiro atoms. The lowest BCUT2D eigenvalue weighted by Crippen LogP contribution is -2.35. The molecule has 5 nitrogen and oxygen atoms in total. The number of halogens is 1. The van der Waals surface area contributed by atoms with Crippen molar-refractivity contribution in [2.24, 2.45) is 11.5 Å². The molecule has 100 valence electrons. The van der Waals surface area contributed by atoms with E-state index in [0.29, 0.717) is 0 Å². The van der Waals surface area contributed by atoms with Crippen molar-refractivity contribution in [2.45, 2.75) is 0 Å². The summed E-state index contributed by atoms with van der Waals surface area (Å²) in [6.45, 7) is -0.124. The Balaban J connectivity index is 3.11. The number of hydrogen-bond acceptors (Lipinski definition) is 3. The number of carbonyl (C=O) groups is 2. The molecule has 19 heavy (non-hydrogen) atoms. The Hall–Kier alpha value is -2.39. The van der Waals surface area contributed by atoms with E-state index in [4.69, 9.17) is 11.5 Å². The fourth-order valence-electron chi connectivity index (χ4n) is 1.46. The van der Waals surface area contributed by atoms with Gasteiger partial charge in [0, 0.05) is 12.6 Å². The Kier molecular flexibility index (Phi) is 5.03. The number of carbonyl (C=O) groups excluding carboxylic acids is 2. The summed E-state index contributed by atoms with van der Waals surface area (Å²) in [7, 11) is 1.43. The number of nitrogens with zero attached hydrogens (tertiary/aromatic N) is 1. The maximum atomic E-state index is 13.2. The van der Waals surface area contributed by atoms with E-state index in [1.54, 1.807) is 0 Å². The van der Waals surface area contributed by atoms with E-state index >= 15 is 0 Å². The molecule has 0 saturated carbocycles. The molecule has 0 radical (unpaired) electrons. The van der Waals surface area contributed by atoms with Crippen molar-refractivity contribution in [3.63, 3.8) is 0 Å². The first-order valence-corrected chi connectivity index (χ1v) is 5.48. The molecule has 2 amide bonds. The molecule has 0 bridgehead atoms. The maximum Gasteiger partial charge on any atom is 0.255 e. The third kappa shape index (κ3) is 4.08. The Morgan fingerprint density at radius 1 is 1.42 bits per heavy atom. The van der Waals surface area contributed by atoms with Crippen LogP contribution in [0.3, 0.4) is 0 Å². The van der Waals surface area contributed by atoms with Gasteiger partial charge in [0.2, 0.25) is 5.91 Å². The van der Waals surface area contributed by atoms with Crippen molar-refractivity contribution >= 4 is 11.8 Å². The van der Waals surface area contributed by atoms with Crippen molar-refractivity contribution in [1.29, 1.82) is 0 Å². The van der Waals surface area contributed by atoms with Gasteiger partial charge in [0.1, 0.15) is 5.82 Å². The number of likely N-dealkylation sites (N-methyl/N-ethyl adjacent to an activating group) is 1. The third-order valence-corrected chi connectivity index (χ3v) is 2.28. The van der Waals surface area contributed by atoms with Crippen LogP contribution in [-0.2, 0) is 4.79 Å². The monoisotopic (exact) mass is 263 g/mol. The normalized spacial score (nSPS) is 9.42. The van der Waals surface area contributed by atoms with Crippen LogP contribution in [-0.4, -0.2) is 36.9 Å². The summed E-state index contributed by atoms with van der Waals surface area (Å²) in [5.41, 5.74) is 10.7. The number of benzene rings is 1. The summed E-state index contributed by atoms with van der Waals surface area (Å²) in [6, 6.07) is 3.61. The highest BCUT2D eigenvalue weighted by Crippen LogP contribution is 2.12. The Morgan fingerprint density at radius 3 is 2.68 bits per heavy atom. The van der Waals surface area contributed by atoms with Crippen molar-refractivity contribution in [2.75, 3.05) is 20.1 Å². The van der Waals surface area contributed by atoms with Gasteiger partial charge in [0.25, 0.3) is 5.91 Å². The van der Waals surface area contributed by atoms with Crippen LogP contribution in [0.25, 0.3) is 0 Å². The first kappa shape index (κ1) is 14.7. The minimum Gasteiger partial charge on any atom is -0.368 e. The van der Waals surface area contributed by atoms with Gasteiger partial charge in [-0.25, -0.2) is 4.39 Å². The van der Waals surface area contributed by atoms with Crippen molar-refractivity contribution in [1.82, 2.24) is 4.90 Å². The third-order valence-electron chi connectivity index (χ3n) is 2.28. The number of primary amides is 1. The van der Waals surface area contributed by atoms with Gasteiger partial charge in [-0.05, 0) is 18.2 Å². The lowest BCUT2D eigenvalue weighted by molar-refractivity contribution is -0.118. The van der Waals surface area contributed by atoms with Crippen LogP contribution in [0.5, 0.6) is 0 Å². The fourth-order valence-corrected chi connectivity index (χ4v) is 1.46. The number of amides is 2. The van der Waals surface area contributed by atoms with Crippen LogP contribution in [0.15, 0.2) is 18.2 Å². The Morgan fingerprint density at radius 2 is 2.11 bits per heavy atom. The van der Waals surface area contributed by atoms with Gasteiger partial charge in [-0.15, -0.1) is 0 Å². The second-order valence-corrected chi connectivity index (χ2v) is 3.82. The van der Waals surface area contributed by atoms with E-state index in [1.165, 1.54) is 13.1 Å². The molecule has 6 heteroatoms. The average Bonchev–Trinajstić information content (AvgIpc) is 2.34. The quantitative estimate of drug-likeness (QED) is 0.733. The lowest BCUT2D eigenvalue weighted by Gasteiger charge is -2.16. The van der Waals surface area contributed by atoms with Crippen LogP contribution in [0.2, 0.25) is 0 Å². The molecule has 0 fully saturated rings. The van der Waals surface area contributed by atoms with Crippen LogP contribution >= 0.6 is 0 Å². The van der Waals surface area contributed by atoms with E-state index in [0.717, 1.165) is 17.0 Å². The van der Waals surface area contributed by atoms with Gasteiger partial charge in [-0.2, -0.15) is 0 Å². The standard InChI is InChI=1S/C13H14FN3O2/c1-17(8-12(16)18)13(19)11-5-4-10(14)7-9(11)3-2-6-15/h4-5,7H,6,8,15H2,1H3,(H2,16,18). The van der Waals surface area contributed by atoms with Gasteiger partial charge in [-0.1, -0.05) is 11.8 Å². The molecular formula is C13H14FN3O2. The van der Waals surface area contributed by atoms with Crippen molar-refractivity contribution in [3.8, 4) is 11.8 Å². The molecule has 0 unspecified atom stereocenters. The maximum absolute atomic E-state index is 13.2. The molecule has 0 heterocycles. The first-order valence-electron chi connectivity index (χ1n) is 5.48. The summed E-state index contributed by atoms with van der Waals surface area (Å²) in [4.78, 5) is 24.0. The molecule has 0 saturated heterocycles. The highest BCUT2D eigenvalue weighted by atomic mass is 19.1. The summed E-state index contributed by atoms with van der Waals surface area (Å²) in [5, 5.41) is 0. The summed E-state index contributed by atoms with van der Waals surface area (Å²) >= 11 is 0. The molecule has 0 aliphatic rings. The molecule has 0 aromatic heterocycles. The highest BCUT2D eigenvalue weighted by Gasteiger charge is 2.16. The van der Waals surface area contributed by atoms with E-state index in [-0.39, 0.29) is 24.2 Å². The number of nitrogens with two attached hydrogens (primary N) is 2. The predicted octanol–water partition coefficient (Wildman–Crippen LogP) is -0.307. The van der Waals surface area contributed by atoms with Crippen LogP contribution in [0.1, 0.15) is 15.9 Å².